The summed E-state index contributed by atoms with van der Waals surface area (Å²) in [5.41, 5.74) is 1.46. The van der Waals surface area contributed by atoms with Crippen LogP contribution in [-0.4, -0.2) is 39.5 Å². The first-order valence-corrected chi connectivity index (χ1v) is 8.39. The standard InChI is InChI=1S/C16H13F3O2.C4H8O2/c1-21-15(20)13-6-2-11(3-7-13)10-12-4-8-14(9-5-12)16(17,18)19;1-2-6-4-3-5-1/h2-9H,10H2,1H3;1-4H2. The van der Waals surface area contributed by atoms with Crippen molar-refractivity contribution in [3.05, 3.63) is 70.8 Å². The van der Waals surface area contributed by atoms with Crippen molar-refractivity contribution in [3.63, 3.8) is 0 Å². The van der Waals surface area contributed by atoms with Crippen LogP contribution in [0.25, 0.3) is 0 Å². The van der Waals surface area contributed by atoms with Crippen molar-refractivity contribution in [1.29, 1.82) is 0 Å². The van der Waals surface area contributed by atoms with Crippen LogP contribution in [0.15, 0.2) is 48.5 Å². The molecule has 7 heteroatoms. The molecule has 3 rings (SSSR count). The first-order chi connectivity index (χ1) is 12.9. The van der Waals surface area contributed by atoms with Crippen molar-refractivity contribution in [2.75, 3.05) is 33.5 Å². The number of hydrogen-bond acceptors (Lipinski definition) is 4. The van der Waals surface area contributed by atoms with E-state index in [4.69, 9.17) is 9.47 Å². The lowest BCUT2D eigenvalue weighted by atomic mass is 10.0. The topological polar surface area (TPSA) is 44.8 Å². The third-order valence-corrected chi connectivity index (χ3v) is 3.81. The molecule has 4 nitrogen and oxygen atoms in total. The van der Waals surface area contributed by atoms with Gasteiger partial charge in [0.05, 0.1) is 44.7 Å². The average molecular weight is 382 g/mol. The molecule has 1 fully saturated rings. The van der Waals surface area contributed by atoms with Crippen molar-refractivity contribution >= 4 is 5.97 Å². The summed E-state index contributed by atoms with van der Waals surface area (Å²) < 4.78 is 51.9. The Bertz CT molecular complexity index is 694. The van der Waals surface area contributed by atoms with Gasteiger partial charge in [-0.15, -0.1) is 0 Å². The molecule has 1 heterocycles. The highest BCUT2D eigenvalue weighted by Gasteiger charge is 2.29. The van der Waals surface area contributed by atoms with Gasteiger partial charge in [-0.05, 0) is 41.8 Å². The lowest BCUT2D eigenvalue weighted by Crippen LogP contribution is -2.16. The minimum Gasteiger partial charge on any atom is -0.465 e. The number of hydrogen-bond donors (Lipinski definition) is 0. The molecule has 0 aromatic heterocycles. The first-order valence-electron chi connectivity index (χ1n) is 8.39. The highest BCUT2D eigenvalue weighted by molar-refractivity contribution is 5.89. The second kappa shape index (κ2) is 10.1. The molecular formula is C20H21F3O4. The molecule has 2 aromatic rings. The number of alkyl halides is 3. The number of esters is 1. The van der Waals surface area contributed by atoms with Crippen molar-refractivity contribution < 1.29 is 32.2 Å². The van der Waals surface area contributed by atoms with E-state index in [9.17, 15) is 18.0 Å². The fraction of sp³-hybridized carbons (Fsp3) is 0.350. The van der Waals surface area contributed by atoms with E-state index in [0.717, 1.165) is 49.7 Å². The molecule has 0 aliphatic carbocycles. The maximum Gasteiger partial charge on any atom is 0.416 e. The van der Waals surface area contributed by atoms with Crippen LogP contribution in [-0.2, 0) is 26.8 Å². The molecule has 0 saturated carbocycles. The SMILES string of the molecule is C1COCCO1.COC(=O)c1ccc(Cc2ccc(C(F)(F)F)cc2)cc1. The van der Waals surface area contributed by atoms with Gasteiger partial charge in [0.1, 0.15) is 0 Å². The highest BCUT2D eigenvalue weighted by atomic mass is 19.4. The van der Waals surface area contributed by atoms with Crippen LogP contribution in [0.1, 0.15) is 27.0 Å². The van der Waals surface area contributed by atoms with Crippen LogP contribution in [0, 0.1) is 0 Å². The number of benzene rings is 2. The Morgan fingerprint density at radius 3 is 1.70 bits per heavy atom. The molecule has 0 bridgehead atoms. The molecule has 0 atom stereocenters. The summed E-state index contributed by atoms with van der Waals surface area (Å²) in [5, 5.41) is 0. The molecule has 27 heavy (non-hydrogen) atoms. The zero-order valence-corrected chi connectivity index (χ0v) is 14.9. The van der Waals surface area contributed by atoms with Gasteiger partial charge in [0, 0.05) is 0 Å². The number of ether oxygens (including phenoxy) is 3. The molecule has 0 N–H and O–H groups in total. The Morgan fingerprint density at radius 2 is 1.33 bits per heavy atom. The number of carbonyl (C=O) groups excluding carboxylic acids is 1. The number of carbonyl (C=O) groups is 1. The van der Waals surface area contributed by atoms with Gasteiger partial charge < -0.3 is 14.2 Å². The summed E-state index contributed by atoms with van der Waals surface area (Å²) in [6.07, 6.45) is -3.82. The zero-order chi connectivity index (χ0) is 19.7. The average Bonchev–Trinajstić information content (AvgIpc) is 2.69. The smallest absolute Gasteiger partial charge is 0.416 e. The quantitative estimate of drug-likeness (QED) is 0.750. The van der Waals surface area contributed by atoms with E-state index in [1.54, 1.807) is 24.3 Å². The summed E-state index contributed by atoms with van der Waals surface area (Å²) in [7, 11) is 1.30. The van der Waals surface area contributed by atoms with Crippen LogP contribution in [0.4, 0.5) is 13.2 Å². The normalized spacial score (nSPS) is 14.1. The Hall–Kier alpha value is -2.38. The molecule has 1 aliphatic rings. The summed E-state index contributed by atoms with van der Waals surface area (Å²) in [6, 6.07) is 11.8. The predicted octanol–water partition coefficient (Wildman–Crippen LogP) is 4.12. The molecule has 1 aliphatic heterocycles. The van der Waals surface area contributed by atoms with Gasteiger partial charge in [0.15, 0.2) is 0 Å². The van der Waals surface area contributed by atoms with Crippen molar-refractivity contribution in [1.82, 2.24) is 0 Å². The Balaban J connectivity index is 0.000000369. The van der Waals surface area contributed by atoms with Crippen LogP contribution in [0.3, 0.4) is 0 Å². The minimum absolute atomic E-state index is 0.420. The van der Waals surface area contributed by atoms with Gasteiger partial charge in [-0.2, -0.15) is 13.2 Å². The third-order valence-electron chi connectivity index (χ3n) is 3.81. The fourth-order valence-corrected chi connectivity index (χ4v) is 2.36. The Kier molecular flexibility index (Phi) is 7.82. The minimum atomic E-state index is -4.32. The van der Waals surface area contributed by atoms with E-state index in [2.05, 4.69) is 4.74 Å². The van der Waals surface area contributed by atoms with Crippen molar-refractivity contribution in [3.8, 4) is 0 Å². The zero-order valence-electron chi connectivity index (χ0n) is 14.9. The molecule has 0 radical (unpaired) electrons. The van der Waals surface area contributed by atoms with Crippen molar-refractivity contribution in [2.24, 2.45) is 0 Å². The molecule has 0 unspecified atom stereocenters. The number of methoxy groups -OCH3 is 1. The van der Waals surface area contributed by atoms with Gasteiger partial charge in [-0.1, -0.05) is 24.3 Å². The third kappa shape index (κ3) is 7.03. The molecule has 1 saturated heterocycles. The summed E-state index contributed by atoms with van der Waals surface area (Å²) in [6.45, 7) is 3.11. The number of rotatable bonds is 3. The molecule has 2 aromatic carbocycles. The summed E-state index contributed by atoms with van der Waals surface area (Å²) in [5.74, 6) is -0.420. The predicted molar refractivity (Wildman–Crippen MR) is 93.7 cm³/mol. The maximum atomic E-state index is 12.5. The first kappa shape index (κ1) is 20.9. The molecular weight excluding hydrogens is 361 g/mol. The van der Waals surface area contributed by atoms with Crippen LogP contribution >= 0.6 is 0 Å². The van der Waals surface area contributed by atoms with Crippen LogP contribution < -0.4 is 0 Å². The summed E-state index contributed by atoms with van der Waals surface area (Å²) in [4.78, 5) is 11.3. The van der Waals surface area contributed by atoms with Crippen molar-refractivity contribution in [2.45, 2.75) is 12.6 Å². The fourth-order valence-electron chi connectivity index (χ4n) is 2.36. The van der Waals surface area contributed by atoms with Gasteiger partial charge in [-0.3, -0.25) is 0 Å². The van der Waals surface area contributed by atoms with E-state index < -0.39 is 17.7 Å². The van der Waals surface area contributed by atoms with Gasteiger partial charge in [0.2, 0.25) is 0 Å². The monoisotopic (exact) mass is 382 g/mol. The molecule has 0 amide bonds. The second-order valence-electron chi connectivity index (χ2n) is 5.78. The van der Waals surface area contributed by atoms with E-state index in [-0.39, 0.29) is 0 Å². The Morgan fingerprint density at radius 1 is 0.889 bits per heavy atom. The largest absolute Gasteiger partial charge is 0.465 e. The van der Waals surface area contributed by atoms with Crippen LogP contribution in [0.5, 0.6) is 0 Å². The lowest BCUT2D eigenvalue weighted by molar-refractivity contribution is -0.137. The van der Waals surface area contributed by atoms with Crippen LogP contribution in [0.2, 0.25) is 0 Å². The second-order valence-corrected chi connectivity index (χ2v) is 5.78. The van der Waals surface area contributed by atoms with Gasteiger partial charge >= 0.3 is 12.1 Å². The Labute approximate surface area is 155 Å². The van der Waals surface area contributed by atoms with E-state index >= 15 is 0 Å². The summed E-state index contributed by atoms with van der Waals surface area (Å²) >= 11 is 0. The lowest BCUT2D eigenvalue weighted by Gasteiger charge is -2.09. The molecule has 0 spiro atoms. The highest BCUT2D eigenvalue weighted by Crippen LogP contribution is 2.29. The molecule has 146 valence electrons. The van der Waals surface area contributed by atoms with E-state index in [0.29, 0.717) is 12.0 Å². The van der Waals surface area contributed by atoms with Gasteiger partial charge in [0.25, 0.3) is 0 Å². The van der Waals surface area contributed by atoms with Gasteiger partial charge in [-0.25, -0.2) is 4.79 Å². The maximum absolute atomic E-state index is 12.5. The number of halogens is 3. The van der Waals surface area contributed by atoms with E-state index in [1.165, 1.54) is 19.2 Å². The van der Waals surface area contributed by atoms with E-state index in [1.807, 2.05) is 0 Å².